The van der Waals surface area contributed by atoms with Gasteiger partial charge in [-0.05, 0) is 83.8 Å². The van der Waals surface area contributed by atoms with Gasteiger partial charge in [-0.1, -0.05) is 49.8 Å². The van der Waals surface area contributed by atoms with Gasteiger partial charge in [0.1, 0.15) is 5.60 Å². The first-order valence-corrected chi connectivity index (χ1v) is 15.3. The van der Waals surface area contributed by atoms with Gasteiger partial charge in [-0.2, -0.15) is 0 Å². The molecule has 0 aromatic carbocycles. The fraction of sp³-hybridized carbons (Fsp3) is 0.588. The van der Waals surface area contributed by atoms with Crippen LogP contribution >= 0.6 is 0 Å². The van der Waals surface area contributed by atoms with E-state index in [1.54, 1.807) is 37.2 Å². The molecule has 0 spiro atoms. The first-order valence-electron chi connectivity index (χ1n) is 15.3. The maximum Gasteiger partial charge on any atom is 0.410 e. The number of Topliss-reactive ketones (excluding diaryl/α,β-unsaturated/α-hetero) is 2. The van der Waals surface area contributed by atoms with E-state index in [1.165, 1.54) is 0 Å². The number of likely N-dealkylation sites (tertiary alicyclic amines) is 1. The number of aliphatic hydroxyl groups excluding tert-OH is 1. The Morgan fingerprint density at radius 3 is 2.56 bits per heavy atom. The Labute approximate surface area is 256 Å². The summed E-state index contributed by atoms with van der Waals surface area (Å²) in [5.41, 5.74) is 0.104. The van der Waals surface area contributed by atoms with E-state index >= 15 is 0 Å². The van der Waals surface area contributed by atoms with Crippen LogP contribution in [-0.4, -0.2) is 93.7 Å². The zero-order valence-electron chi connectivity index (χ0n) is 26.5. The summed E-state index contributed by atoms with van der Waals surface area (Å²) in [6.45, 7) is 8.99. The molecule has 43 heavy (non-hydrogen) atoms. The number of aliphatic hydroxyl groups is 2. The highest BCUT2D eigenvalue weighted by Crippen LogP contribution is 2.30. The number of aromatic nitrogens is 1. The van der Waals surface area contributed by atoms with Gasteiger partial charge in [0.2, 0.25) is 11.6 Å². The molecule has 1 aromatic rings. The van der Waals surface area contributed by atoms with E-state index in [1.807, 2.05) is 57.2 Å². The van der Waals surface area contributed by atoms with Crippen LogP contribution in [0.25, 0.3) is 0 Å². The first kappa shape index (κ1) is 34.4. The average Bonchev–Trinajstić information content (AvgIpc) is 2.98. The molecule has 1 saturated heterocycles. The summed E-state index contributed by atoms with van der Waals surface area (Å²) in [4.78, 5) is 47.8. The van der Waals surface area contributed by atoms with Crippen LogP contribution < -0.4 is 0 Å². The molecule has 9 nitrogen and oxygen atoms in total. The lowest BCUT2D eigenvalue weighted by Crippen LogP contribution is -2.48. The number of carbonyl (C=O) groups is 3. The Balaban J connectivity index is 1.86. The highest BCUT2D eigenvalue weighted by atomic mass is 16.6. The number of hydrogen-bond acceptors (Lipinski definition) is 8. The van der Waals surface area contributed by atoms with Gasteiger partial charge in [0.05, 0.1) is 12.0 Å². The van der Waals surface area contributed by atoms with E-state index < -0.39 is 47.3 Å². The third-order valence-electron chi connectivity index (χ3n) is 8.85. The zero-order valence-corrected chi connectivity index (χ0v) is 26.5. The molecule has 2 heterocycles. The van der Waals surface area contributed by atoms with Crippen LogP contribution in [-0.2, 0) is 14.3 Å². The molecule has 1 fully saturated rings. The van der Waals surface area contributed by atoms with E-state index in [0.29, 0.717) is 5.57 Å². The Bertz CT molecular complexity index is 1190. The van der Waals surface area contributed by atoms with Crippen molar-refractivity contribution in [2.24, 2.45) is 11.8 Å². The summed E-state index contributed by atoms with van der Waals surface area (Å²) in [6, 6.07) is 5.78. The van der Waals surface area contributed by atoms with Crippen molar-refractivity contribution in [3.05, 3.63) is 66.0 Å². The summed E-state index contributed by atoms with van der Waals surface area (Å²) < 4.78 is 5.88. The second-order valence-corrected chi connectivity index (χ2v) is 12.6. The Hall–Kier alpha value is -3.14. The van der Waals surface area contributed by atoms with Crippen molar-refractivity contribution in [3.8, 4) is 0 Å². The van der Waals surface area contributed by atoms with Crippen molar-refractivity contribution < 1.29 is 29.3 Å². The number of nitrogens with zero attached hydrogens (tertiary/aromatic N) is 3. The molecule has 3 rings (SSSR count). The molecule has 0 radical (unpaired) electrons. The lowest BCUT2D eigenvalue weighted by Gasteiger charge is -2.37. The zero-order chi connectivity index (χ0) is 31.7. The maximum absolute atomic E-state index is 13.4. The number of ketones is 2. The molecule has 0 saturated carbocycles. The third kappa shape index (κ3) is 9.68. The molecule has 1 aromatic heterocycles. The summed E-state index contributed by atoms with van der Waals surface area (Å²) in [5, 5.41) is 22.0. The van der Waals surface area contributed by atoms with Gasteiger partial charge in [0.25, 0.3) is 0 Å². The minimum absolute atomic E-state index is 0.0406. The highest BCUT2D eigenvalue weighted by Gasteiger charge is 2.38. The van der Waals surface area contributed by atoms with Crippen LogP contribution in [0.3, 0.4) is 0 Å². The normalized spacial score (nSPS) is 30.4. The molecular weight excluding hydrogens is 546 g/mol. The lowest BCUT2D eigenvalue weighted by molar-refractivity contribution is -0.140. The van der Waals surface area contributed by atoms with Crippen LogP contribution in [0.5, 0.6) is 0 Å². The number of amides is 1. The molecule has 0 bridgehead atoms. The van der Waals surface area contributed by atoms with Crippen molar-refractivity contribution in [3.63, 3.8) is 0 Å². The molecule has 6 atom stereocenters. The van der Waals surface area contributed by atoms with Crippen molar-refractivity contribution in [2.75, 3.05) is 27.2 Å². The van der Waals surface area contributed by atoms with Crippen LogP contribution in [0.2, 0.25) is 0 Å². The van der Waals surface area contributed by atoms with Crippen molar-refractivity contribution in [1.29, 1.82) is 0 Å². The van der Waals surface area contributed by atoms with Crippen molar-refractivity contribution in [2.45, 2.75) is 89.6 Å². The second kappa shape index (κ2) is 15.5. The maximum atomic E-state index is 13.4. The van der Waals surface area contributed by atoms with Gasteiger partial charge in [-0.15, -0.1) is 0 Å². The first-order chi connectivity index (χ1) is 20.3. The van der Waals surface area contributed by atoms with Crippen LogP contribution in [0.1, 0.15) is 71.4 Å². The smallest absolute Gasteiger partial charge is 0.410 e. The van der Waals surface area contributed by atoms with Gasteiger partial charge >= 0.3 is 6.09 Å². The summed E-state index contributed by atoms with van der Waals surface area (Å²) in [5.74, 6) is -2.39. The number of ether oxygens (including phenoxy) is 1. The predicted molar refractivity (Wildman–Crippen MR) is 166 cm³/mol. The van der Waals surface area contributed by atoms with E-state index in [2.05, 4.69) is 16.9 Å². The molecule has 1 amide bonds. The SMILES string of the molecule is C/C(=C\C=C\[C@H](C)c1ccccn1)[C@H]1C(=O)C(=O)C[C@@H](O)CC[C@](C)(O)[C@@H](OC(=O)N(C)C2CCN(C)CC2)/C=C/[C@@H]1C. The Morgan fingerprint density at radius 1 is 1.21 bits per heavy atom. The highest BCUT2D eigenvalue weighted by molar-refractivity contribution is 6.38. The minimum Gasteiger partial charge on any atom is -0.439 e. The van der Waals surface area contributed by atoms with E-state index in [0.717, 1.165) is 31.6 Å². The van der Waals surface area contributed by atoms with Crippen molar-refractivity contribution in [1.82, 2.24) is 14.8 Å². The van der Waals surface area contributed by atoms with Gasteiger partial charge < -0.3 is 24.7 Å². The minimum atomic E-state index is -1.50. The number of allylic oxidation sites excluding steroid dienone is 5. The third-order valence-corrected chi connectivity index (χ3v) is 8.85. The molecule has 2 N–H and O–H groups in total. The monoisotopic (exact) mass is 595 g/mol. The van der Waals surface area contributed by atoms with Crippen LogP contribution in [0.4, 0.5) is 4.79 Å². The van der Waals surface area contributed by atoms with Gasteiger partial charge in [0, 0.05) is 37.3 Å². The molecule has 2 aliphatic rings. The van der Waals surface area contributed by atoms with E-state index in [4.69, 9.17) is 4.74 Å². The predicted octanol–water partition coefficient (Wildman–Crippen LogP) is 4.46. The fourth-order valence-corrected chi connectivity index (χ4v) is 5.76. The second-order valence-electron chi connectivity index (χ2n) is 12.6. The molecular formula is C34H49N3O6. The molecule has 1 aliphatic carbocycles. The summed E-state index contributed by atoms with van der Waals surface area (Å²) in [6.07, 6.45) is 9.61. The van der Waals surface area contributed by atoms with Gasteiger partial charge in [-0.25, -0.2) is 4.79 Å². The average molecular weight is 596 g/mol. The number of rotatable bonds is 6. The summed E-state index contributed by atoms with van der Waals surface area (Å²) >= 11 is 0. The van der Waals surface area contributed by atoms with E-state index in [9.17, 15) is 24.6 Å². The standard InChI is InChI=1S/C34H49N3O6/c1-23(28-12-7-8-19-35-28)10-9-11-24(2)31-25(3)13-14-30(34(4,42)18-15-27(38)22-29(39)32(31)40)43-33(41)37(6)26-16-20-36(5)21-17-26/h7-14,19,23,25-27,30-31,38,42H,15-18,20-22H2,1-6H3/b10-9+,14-13+,24-11+/t23-,25-,27-,30-,31+,34-/m0/s1. The molecule has 0 unspecified atom stereocenters. The van der Waals surface area contributed by atoms with Gasteiger partial charge in [0.15, 0.2) is 6.10 Å². The fourth-order valence-electron chi connectivity index (χ4n) is 5.76. The van der Waals surface area contributed by atoms with Gasteiger partial charge in [-0.3, -0.25) is 14.6 Å². The molecule has 1 aliphatic heterocycles. The quantitative estimate of drug-likeness (QED) is 0.281. The number of carbonyl (C=O) groups excluding carboxylic acids is 3. The molecule has 236 valence electrons. The van der Waals surface area contributed by atoms with Crippen molar-refractivity contribution >= 4 is 17.7 Å². The topological polar surface area (TPSA) is 120 Å². The number of piperidine rings is 1. The molecule has 9 heteroatoms. The lowest BCUT2D eigenvalue weighted by atomic mass is 9.79. The van der Waals surface area contributed by atoms with E-state index in [-0.39, 0.29) is 31.2 Å². The Kier molecular flexibility index (Phi) is 12.4. The summed E-state index contributed by atoms with van der Waals surface area (Å²) in [7, 11) is 3.77. The largest absolute Gasteiger partial charge is 0.439 e. The number of pyridine rings is 1. The van der Waals surface area contributed by atoms with Crippen LogP contribution in [0.15, 0.2) is 60.3 Å². The van der Waals surface area contributed by atoms with Crippen LogP contribution in [0, 0.1) is 11.8 Å². The Morgan fingerprint density at radius 2 is 1.91 bits per heavy atom. The number of hydrogen-bond donors (Lipinski definition) is 2.